The Labute approximate surface area is 128 Å². The van der Waals surface area contributed by atoms with Gasteiger partial charge in [0.1, 0.15) is 11.8 Å². The van der Waals surface area contributed by atoms with Gasteiger partial charge >= 0.3 is 5.97 Å². The number of hydrogen-bond acceptors (Lipinski definition) is 4. The number of rotatable bonds is 6. The van der Waals surface area contributed by atoms with Gasteiger partial charge in [-0.05, 0) is 25.5 Å². The average Bonchev–Trinajstić information content (AvgIpc) is 2.45. The fourth-order valence-corrected chi connectivity index (χ4v) is 1.94. The van der Waals surface area contributed by atoms with Crippen molar-refractivity contribution in [1.82, 2.24) is 10.2 Å². The lowest BCUT2D eigenvalue weighted by atomic mass is 10.1. The van der Waals surface area contributed by atoms with Crippen LogP contribution in [0.15, 0.2) is 18.2 Å². The maximum atomic E-state index is 12.5. The summed E-state index contributed by atoms with van der Waals surface area (Å²) in [5.74, 6) is -2.20. The summed E-state index contributed by atoms with van der Waals surface area (Å²) in [5.41, 5.74) is 0.562. The van der Waals surface area contributed by atoms with E-state index in [1.54, 1.807) is 19.1 Å². The Balaban J connectivity index is 3.03. The molecule has 0 aromatic heterocycles. The number of carbonyl (C=O) groups is 3. The molecular formula is C15H20N2O5. The number of amides is 2. The summed E-state index contributed by atoms with van der Waals surface area (Å²) >= 11 is 0. The lowest BCUT2D eigenvalue weighted by molar-refractivity contribution is -0.141. The SMILES string of the molecule is CC(=O)NCCN(C(=O)c1cccc(C)c1O)C(C)C(=O)O. The molecule has 1 rings (SSSR count). The van der Waals surface area contributed by atoms with Gasteiger partial charge in [-0.1, -0.05) is 12.1 Å². The molecule has 0 heterocycles. The zero-order chi connectivity index (χ0) is 16.9. The predicted octanol–water partition coefficient (Wildman–Crippen LogP) is 0.752. The zero-order valence-corrected chi connectivity index (χ0v) is 12.8. The number of phenolic OH excluding ortho intramolecular Hbond substituents is 1. The van der Waals surface area contributed by atoms with Crippen LogP contribution in [0.2, 0.25) is 0 Å². The molecule has 0 fully saturated rings. The first kappa shape index (κ1) is 17.5. The van der Waals surface area contributed by atoms with Crippen LogP contribution in [-0.2, 0) is 9.59 Å². The van der Waals surface area contributed by atoms with E-state index < -0.39 is 17.9 Å². The average molecular weight is 308 g/mol. The van der Waals surface area contributed by atoms with Crippen LogP contribution in [0.5, 0.6) is 5.75 Å². The highest BCUT2D eigenvalue weighted by atomic mass is 16.4. The van der Waals surface area contributed by atoms with E-state index in [9.17, 15) is 19.5 Å². The third kappa shape index (κ3) is 4.21. The lowest BCUT2D eigenvalue weighted by Gasteiger charge is -2.27. The largest absolute Gasteiger partial charge is 0.507 e. The summed E-state index contributed by atoms with van der Waals surface area (Å²) in [6, 6.07) is 3.61. The maximum Gasteiger partial charge on any atom is 0.326 e. The Morgan fingerprint density at radius 2 is 1.95 bits per heavy atom. The summed E-state index contributed by atoms with van der Waals surface area (Å²) in [4.78, 5) is 35.7. The van der Waals surface area contributed by atoms with Crippen molar-refractivity contribution in [1.29, 1.82) is 0 Å². The van der Waals surface area contributed by atoms with Crippen molar-refractivity contribution >= 4 is 17.8 Å². The molecule has 0 saturated carbocycles. The number of nitrogens with zero attached hydrogens (tertiary/aromatic N) is 1. The van der Waals surface area contributed by atoms with Crippen LogP contribution in [0.25, 0.3) is 0 Å². The van der Waals surface area contributed by atoms with Gasteiger partial charge in [0, 0.05) is 20.0 Å². The number of carbonyl (C=O) groups excluding carboxylic acids is 2. The van der Waals surface area contributed by atoms with Gasteiger partial charge in [0.25, 0.3) is 5.91 Å². The van der Waals surface area contributed by atoms with E-state index in [1.165, 1.54) is 19.9 Å². The lowest BCUT2D eigenvalue weighted by Crippen LogP contribution is -2.46. The second kappa shape index (κ2) is 7.44. The molecular weight excluding hydrogens is 288 g/mol. The first-order valence-corrected chi connectivity index (χ1v) is 6.82. The van der Waals surface area contributed by atoms with Crippen molar-refractivity contribution in [3.63, 3.8) is 0 Å². The van der Waals surface area contributed by atoms with E-state index in [-0.39, 0.29) is 30.3 Å². The van der Waals surface area contributed by atoms with Crippen LogP contribution in [0.1, 0.15) is 29.8 Å². The number of carboxylic acid groups (broad SMARTS) is 1. The van der Waals surface area contributed by atoms with Gasteiger partial charge in [0.15, 0.2) is 0 Å². The second-order valence-corrected chi connectivity index (χ2v) is 4.97. The molecule has 1 unspecified atom stereocenters. The number of para-hydroxylation sites is 1. The summed E-state index contributed by atoms with van der Waals surface area (Å²) in [6.07, 6.45) is 0. The van der Waals surface area contributed by atoms with Gasteiger partial charge in [-0.3, -0.25) is 9.59 Å². The molecule has 7 nitrogen and oxygen atoms in total. The Bertz CT molecular complexity index is 585. The molecule has 0 spiro atoms. The molecule has 22 heavy (non-hydrogen) atoms. The standard InChI is InChI=1S/C15H20N2O5/c1-9-5-4-6-12(13(9)19)14(20)17(10(2)15(21)22)8-7-16-11(3)18/h4-6,10,19H,7-8H2,1-3H3,(H,16,18)(H,21,22). The normalized spacial score (nSPS) is 11.6. The summed E-state index contributed by atoms with van der Waals surface area (Å²) in [7, 11) is 0. The van der Waals surface area contributed by atoms with Gasteiger partial charge < -0.3 is 20.4 Å². The minimum Gasteiger partial charge on any atom is -0.507 e. The molecule has 2 amide bonds. The molecule has 0 aliphatic carbocycles. The number of aliphatic carboxylic acids is 1. The molecule has 0 aliphatic rings. The molecule has 1 aromatic rings. The fourth-order valence-electron chi connectivity index (χ4n) is 1.94. The Morgan fingerprint density at radius 1 is 1.32 bits per heavy atom. The fraction of sp³-hybridized carbons (Fsp3) is 0.400. The summed E-state index contributed by atoms with van der Waals surface area (Å²) in [5, 5.41) is 21.6. The molecule has 0 saturated heterocycles. The minimum atomic E-state index is -1.16. The highest BCUT2D eigenvalue weighted by molar-refractivity contribution is 5.99. The van der Waals surface area contributed by atoms with Crippen LogP contribution in [0.4, 0.5) is 0 Å². The number of nitrogens with one attached hydrogen (secondary N) is 1. The van der Waals surface area contributed by atoms with Crippen molar-refractivity contribution in [3.8, 4) is 5.75 Å². The molecule has 120 valence electrons. The Morgan fingerprint density at radius 3 is 2.50 bits per heavy atom. The first-order chi connectivity index (χ1) is 10.3. The smallest absolute Gasteiger partial charge is 0.326 e. The van der Waals surface area contributed by atoms with E-state index in [1.807, 2.05) is 0 Å². The zero-order valence-electron chi connectivity index (χ0n) is 12.8. The van der Waals surface area contributed by atoms with E-state index >= 15 is 0 Å². The van der Waals surface area contributed by atoms with Gasteiger partial charge in [0.2, 0.25) is 5.91 Å². The van der Waals surface area contributed by atoms with Crippen molar-refractivity contribution < 1.29 is 24.6 Å². The first-order valence-electron chi connectivity index (χ1n) is 6.82. The van der Waals surface area contributed by atoms with Crippen LogP contribution in [-0.4, -0.2) is 52.0 Å². The molecule has 1 aromatic carbocycles. The van der Waals surface area contributed by atoms with E-state index in [2.05, 4.69) is 5.32 Å². The third-order valence-electron chi connectivity index (χ3n) is 3.28. The van der Waals surface area contributed by atoms with Crippen molar-refractivity contribution in [2.24, 2.45) is 0 Å². The number of aromatic hydroxyl groups is 1. The van der Waals surface area contributed by atoms with Crippen molar-refractivity contribution in [2.45, 2.75) is 26.8 Å². The molecule has 7 heteroatoms. The van der Waals surface area contributed by atoms with Crippen molar-refractivity contribution in [3.05, 3.63) is 29.3 Å². The molecule has 1 atom stereocenters. The summed E-state index contributed by atoms with van der Waals surface area (Å²) in [6.45, 7) is 4.51. The number of benzene rings is 1. The molecule has 3 N–H and O–H groups in total. The number of hydrogen-bond donors (Lipinski definition) is 3. The van der Waals surface area contributed by atoms with Crippen LogP contribution in [0.3, 0.4) is 0 Å². The molecule has 0 radical (unpaired) electrons. The van der Waals surface area contributed by atoms with Gasteiger partial charge in [-0.25, -0.2) is 4.79 Å². The topological polar surface area (TPSA) is 107 Å². The molecule has 0 bridgehead atoms. The van der Waals surface area contributed by atoms with E-state index in [4.69, 9.17) is 5.11 Å². The monoisotopic (exact) mass is 308 g/mol. The van der Waals surface area contributed by atoms with Gasteiger partial charge in [-0.15, -0.1) is 0 Å². The van der Waals surface area contributed by atoms with Crippen molar-refractivity contribution in [2.75, 3.05) is 13.1 Å². The van der Waals surface area contributed by atoms with Gasteiger partial charge in [-0.2, -0.15) is 0 Å². The highest BCUT2D eigenvalue weighted by Crippen LogP contribution is 2.23. The van der Waals surface area contributed by atoms with Crippen LogP contribution >= 0.6 is 0 Å². The van der Waals surface area contributed by atoms with E-state index in [0.29, 0.717) is 5.56 Å². The third-order valence-corrected chi connectivity index (χ3v) is 3.28. The Hall–Kier alpha value is -2.57. The quantitative estimate of drug-likeness (QED) is 0.719. The highest BCUT2D eigenvalue weighted by Gasteiger charge is 2.28. The minimum absolute atomic E-state index is 0.0270. The van der Waals surface area contributed by atoms with Crippen LogP contribution in [0, 0.1) is 6.92 Å². The molecule has 0 aliphatic heterocycles. The second-order valence-electron chi connectivity index (χ2n) is 4.97. The Kier molecular flexibility index (Phi) is 5.91. The van der Waals surface area contributed by atoms with Gasteiger partial charge in [0.05, 0.1) is 5.56 Å². The van der Waals surface area contributed by atoms with Crippen LogP contribution < -0.4 is 5.32 Å². The number of aryl methyl sites for hydroxylation is 1. The van der Waals surface area contributed by atoms with E-state index in [0.717, 1.165) is 4.90 Å². The predicted molar refractivity (Wildman–Crippen MR) is 79.7 cm³/mol. The summed E-state index contributed by atoms with van der Waals surface area (Å²) < 4.78 is 0. The number of carboxylic acids is 1. The number of phenols is 1. The maximum absolute atomic E-state index is 12.5.